The predicted molar refractivity (Wildman–Crippen MR) is 122 cm³/mol. The Morgan fingerprint density at radius 1 is 0.923 bits per heavy atom. The standard InChI is InChI=1S/C25H40S/c1-6-8-10-12-14-23-18-19-26-25(23)17-16-22(5)20-24(21(3)4)15-13-11-9-7-2/h16-20H,6-15H2,1-5H3/b17-16+,22-20+. The van der Waals surface area contributed by atoms with Gasteiger partial charge in [-0.25, -0.2) is 0 Å². The molecule has 146 valence electrons. The van der Waals surface area contributed by atoms with Crippen LogP contribution in [0.1, 0.15) is 103 Å². The van der Waals surface area contributed by atoms with E-state index in [9.17, 15) is 0 Å². The zero-order valence-electron chi connectivity index (χ0n) is 17.9. The van der Waals surface area contributed by atoms with Crippen LogP contribution in [0.5, 0.6) is 0 Å². The first-order valence-electron chi connectivity index (χ1n) is 10.7. The molecular weight excluding hydrogens is 332 g/mol. The van der Waals surface area contributed by atoms with E-state index in [-0.39, 0.29) is 0 Å². The van der Waals surface area contributed by atoms with Crippen LogP contribution >= 0.6 is 11.3 Å². The summed E-state index contributed by atoms with van der Waals surface area (Å²) in [6.07, 6.45) is 20.1. The molecule has 0 saturated heterocycles. The van der Waals surface area contributed by atoms with Gasteiger partial charge >= 0.3 is 0 Å². The lowest BCUT2D eigenvalue weighted by Gasteiger charge is -2.06. The molecule has 1 heteroatoms. The maximum atomic E-state index is 2.40. The second kappa shape index (κ2) is 14.0. The lowest BCUT2D eigenvalue weighted by molar-refractivity contribution is 0.666. The summed E-state index contributed by atoms with van der Waals surface area (Å²) in [5.41, 5.74) is 5.87. The quantitative estimate of drug-likeness (QED) is 0.239. The molecule has 0 unspecified atom stereocenters. The van der Waals surface area contributed by atoms with Gasteiger partial charge in [0.15, 0.2) is 0 Å². The van der Waals surface area contributed by atoms with E-state index in [1.807, 2.05) is 11.3 Å². The molecular formula is C25H40S. The Hall–Kier alpha value is -1.08. The third-order valence-electron chi connectivity index (χ3n) is 4.92. The number of hydrogen-bond donors (Lipinski definition) is 0. The van der Waals surface area contributed by atoms with Gasteiger partial charge in [-0.3, -0.25) is 0 Å². The van der Waals surface area contributed by atoms with Crippen LogP contribution in [0.25, 0.3) is 6.08 Å². The van der Waals surface area contributed by atoms with Gasteiger partial charge in [-0.15, -0.1) is 11.3 Å². The number of hydrogen-bond acceptors (Lipinski definition) is 1. The van der Waals surface area contributed by atoms with Crippen molar-refractivity contribution in [1.82, 2.24) is 0 Å². The highest BCUT2D eigenvalue weighted by molar-refractivity contribution is 7.11. The lowest BCUT2D eigenvalue weighted by Crippen LogP contribution is -1.87. The Labute approximate surface area is 167 Å². The molecule has 26 heavy (non-hydrogen) atoms. The molecule has 0 spiro atoms. The molecule has 0 N–H and O–H groups in total. The van der Waals surface area contributed by atoms with Crippen LogP contribution in [0.4, 0.5) is 0 Å². The van der Waals surface area contributed by atoms with Crippen LogP contribution in [0.2, 0.25) is 0 Å². The fourth-order valence-electron chi connectivity index (χ4n) is 3.18. The van der Waals surface area contributed by atoms with E-state index >= 15 is 0 Å². The molecule has 0 saturated carbocycles. The van der Waals surface area contributed by atoms with Crippen LogP contribution in [-0.2, 0) is 6.42 Å². The van der Waals surface area contributed by atoms with Gasteiger partial charge in [0.2, 0.25) is 0 Å². The van der Waals surface area contributed by atoms with E-state index in [4.69, 9.17) is 0 Å². The summed E-state index contributed by atoms with van der Waals surface area (Å²) in [5.74, 6) is 0. The second-order valence-corrected chi connectivity index (χ2v) is 8.63. The summed E-state index contributed by atoms with van der Waals surface area (Å²) >= 11 is 1.87. The van der Waals surface area contributed by atoms with Crippen molar-refractivity contribution in [2.75, 3.05) is 0 Å². The van der Waals surface area contributed by atoms with E-state index in [0.29, 0.717) is 0 Å². The summed E-state index contributed by atoms with van der Waals surface area (Å²) in [4.78, 5) is 1.44. The first-order valence-corrected chi connectivity index (χ1v) is 11.6. The average Bonchev–Trinajstić information content (AvgIpc) is 3.06. The molecule has 1 aromatic rings. The number of thiophene rings is 1. The molecule has 0 aromatic carbocycles. The maximum absolute atomic E-state index is 2.40. The van der Waals surface area contributed by atoms with Crippen molar-refractivity contribution in [3.63, 3.8) is 0 Å². The van der Waals surface area contributed by atoms with E-state index in [2.05, 4.69) is 64.3 Å². The summed E-state index contributed by atoms with van der Waals surface area (Å²) in [6, 6.07) is 2.31. The van der Waals surface area contributed by atoms with Crippen molar-refractivity contribution in [3.05, 3.63) is 50.8 Å². The molecule has 0 aliphatic rings. The smallest absolute Gasteiger partial charge is 0.0302 e. The lowest BCUT2D eigenvalue weighted by atomic mass is 10.00. The minimum absolute atomic E-state index is 1.22. The summed E-state index contributed by atoms with van der Waals surface area (Å²) < 4.78 is 0. The molecule has 0 nitrogen and oxygen atoms in total. The second-order valence-electron chi connectivity index (χ2n) is 7.68. The Morgan fingerprint density at radius 3 is 2.27 bits per heavy atom. The molecule has 0 fully saturated rings. The van der Waals surface area contributed by atoms with Gasteiger partial charge in [-0.1, -0.05) is 75.7 Å². The molecule has 0 amide bonds. The molecule has 1 heterocycles. The van der Waals surface area contributed by atoms with Crippen LogP contribution in [0.15, 0.2) is 40.3 Å². The van der Waals surface area contributed by atoms with E-state index in [1.54, 1.807) is 0 Å². The van der Waals surface area contributed by atoms with Gasteiger partial charge in [0.05, 0.1) is 0 Å². The van der Waals surface area contributed by atoms with Crippen molar-refractivity contribution >= 4 is 17.4 Å². The zero-order chi connectivity index (χ0) is 19.2. The first-order chi connectivity index (χ1) is 12.6. The maximum Gasteiger partial charge on any atom is 0.0302 e. The van der Waals surface area contributed by atoms with Gasteiger partial charge in [-0.05, 0) is 75.1 Å². The van der Waals surface area contributed by atoms with Crippen molar-refractivity contribution in [2.24, 2.45) is 0 Å². The van der Waals surface area contributed by atoms with E-state index in [1.165, 1.54) is 91.4 Å². The van der Waals surface area contributed by atoms with Gasteiger partial charge in [0.25, 0.3) is 0 Å². The first kappa shape index (κ1) is 23.0. The molecule has 1 rings (SSSR count). The van der Waals surface area contributed by atoms with Gasteiger partial charge in [0.1, 0.15) is 0 Å². The molecule has 0 bridgehead atoms. The largest absolute Gasteiger partial charge is 0.144 e. The molecule has 0 radical (unpaired) electrons. The molecule has 0 atom stereocenters. The Kier molecular flexibility index (Phi) is 12.4. The summed E-state index contributed by atoms with van der Waals surface area (Å²) in [5, 5.41) is 2.24. The van der Waals surface area contributed by atoms with Crippen LogP contribution < -0.4 is 0 Å². The van der Waals surface area contributed by atoms with Crippen LogP contribution in [-0.4, -0.2) is 0 Å². The zero-order valence-corrected chi connectivity index (χ0v) is 18.7. The Bertz CT molecular complexity index is 579. The molecule has 0 aliphatic heterocycles. The van der Waals surface area contributed by atoms with Crippen molar-refractivity contribution < 1.29 is 0 Å². The number of allylic oxidation sites excluding steroid dienone is 5. The SMILES string of the molecule is CCCCCCC(/C=C(C)/C=C/c1sccc1CCCCCC)=C(C)C. The predicted octanol–water partition coefficient (Wildman–Crippen LogP) is 9.14. The number of aryl methyl sites for hydroxylation is 1. The van der Waals surface area contributed by atoms with E-state index in [0.717, 1.165) is 0 Å². The third kappa shape index (κ3) is 9.57. The summed E-state index contributed by atoms with van der Waals surface area (Å²) in [6.45, 7) is 11.3. The Morgan fingerprint density at radius 2 is 1.62 bits per heavy atom. The topological polar surface area (TPSA) is 0 Å². The van der Waals surface area contributed by atoms with Gasteiger partial charge < -0.3 is 0 Å². The molecule has 1 aromatic heterocycles. The highest BCUT2D eigenvalue weighted by Gasteiger charge is 2.02. The highest BCUT2D eigenvalue weighted by atomic mass is 32.1. The fourth-order valence-corrected chi connectivity index (χ4v) is 4.03. The Balaban J connectivity index is 2.64. The van der Waals surface area contributed by atoms with Crippen molar-refractivity contribution in [1.29, 1.82) is 0 Å². The van der Waals surface area contributed by atoms with Crippen LogP contribution in [0.3, 0.4) is 0 Å². The van der Waals surface area contributed by atoms with Gasteiger partial charge in [-0.2, -0.15) is 0 Å². The number of rotatable bonds is 13. The van der Waals surface area contributed by atoms with Crippen LogP contribution in [0, 0.1) is 0 Å². The minimum Gasteiger partial charge on any atom is -0.144 e. The van der Waals surface area contributed by atoms with Gasteiger partial charge in [0, 0.05) is 4.88 Å². The average molecular weight is 373 g/mol. The van der Waals surface area contributed by atoms with Crippen molar-refractivity contribution in [3.8, 4) is 0 Å². The molecule has 0 aliphatic carbocycles. The number of unbranched alkanes of at least 4 members (excludes halogenated alkanes) is 6. The fraction of sp³-hybridized carbons (Fsp3) is 0.600. The monoisotopic (exact) mass is 372 g/mol. The highest BCUT2D eigenvalue weighted by Crippen LogP contribution is 2.23. The normalized spacial score (nSPS) is 12.1. The van der Waals surface area contributed by atoms with Crippen molar-refractivity contribution in [2.45, 2.75) is 98.8 Å². The minimum atomic E-state index is 1.22. The van der Waals surface area contributed by atoms with E-state index < -0.39 is 0 Å². The third-order valence-corrected chi connectivity index (χ3v) is 5.85. The summed E-state index contributed by atoms with van der Waals surface area (Å²) in [7, 11) is 0.